The van der Waals surface area contributed by atoms with E-state index in [-0.39, 0.29) is 30.8 Å². The minimum absolute atomic E-state index is 0.0839. The van der Waals surface area contributed by atoms with Gasteiger partial charge in [-0.2, -0.15) is 17.5 Å². The molecule has 0 N–H and O–H groups in total. The Balaban J connectivity index is 1.59. The zero-order chi connectivity index (χ0) is 21.7. The Hall–Kier alpha value is -2.66. The maximum atomic E-state index is 13.2. The molecule has 0 unspecified atom stereocenters. The average molecular weight is 440 g/mol. The summed E-state index contributed by atoms with van der Waals surface area (Å²) in [6.45, 7) is 0.168. The van der Waals surface area contributed by atoms with Gasteiger partial charge in [0.25, 0.3) is 0 Å². The van der Waals surface area contributed by atoms with E-state index in [0.717, 1.165) is 17.1 Å². The number of hydrogen-bond donors (Lipinski definition) is 0. The van der Waals surface area contributed by atoms with Crippen LogP contribution in [0.3, 0.4) is 0 Å². The summed E-state index contributed by atoms with van der Waals surface area (Å²) >= 11 is 0. The van der Waals surface area contributed by atoms with Gasteiger partial charge in [0.15, 0.2) is 0 Å². The van der Waals surface area contributed by atoms with E-state index in [1.807, 2.05) is 18.2 Å². The number of hydrogen-bond acceptors (Lipinski definition) is 4. The molecule has 1 aliphatic rings. The number of fused-ring (bicyclic) bond motifs is 1. The highest BCUT2D eigenvalue weighted by Crippen LogP contribution is 2.31. The van der Waals surface area contributed by atoms with Gasteiger partial charge in [-0.3, -0.25) is 4.57 Å². The van der Waals surface area contributed by atoms with Gasteiger partial charge in [-0.25, -0.2) is 17.9 Å². The molecule has 160 valence electrons. The summed E-state index contributed by atoms with van der Waals surface area (Å²) in [5.74, 6) is -1.27. The van der Waals surface area contributed by atoms with Crippen LogP contribution in [0.2, 0.25) is 0 Å². The molecule has 0 radical (unpaired) electrons. The van der Waals surface area contributed by atoms with Crippen molar-refractivity contribution >= 4 is 20.8 Å². The molecule has 3 aromatic rings. The van der Waals surface area contributed by atoms with Crippen LogP contribution >= 0.6 is 0 Å². The van der Waals surface area contributed by atoms with Gasteiger partial charge in [0, 0.05) is 25.5 Å². The third-order valence-corrected chi connectivity index (χ3v) is 7.35. The Kier molecular flexibility index (Phi) is 4.97. The number of alkyl halides is 3. The first-order valence-corrected chi connectivity index (χ1v) is 10.8. The predicted octanol–water partition coefficient (Wildman–Crippen LogP) is 2.78. The fourth-order valence-corrected chi connectivity index (χ4v) is 5.51. The van der Waals surface area contributed by atoms with Crippen molar-refractivity contribution in [2.24, 2.45) is 7.05 Å². The average Bonchev–Trinajstić information content (AvgIpc) is 3.02. The van der Waals surface area contributed by atoms with E-state index in [4.69, 9.17) is 0 Å². The van der Waals surface area contributed by atoms with E-state index in [1.165, 1.54) is 4.31 Å². The molecule has 1 saturated heterocycles. The summed E-state index contributed by atoms with van der Waals surface area (Å²) in [5.41, 5.74) is -0.863. The van der Waals surface area contributed by atoms with Gasteiger partial charge in [0.05, 0.1) is 10.9 Å². The van der Waals surface area contributed by atoms with Gasteiger partial charge in [0.1, 0.15) is 0 Å². The molecule has 11 heteroatoms. The van der Waals surface area contributed by atoms with Crippen LogP contribution in [0.5, 0.6) is 0 Å². The molecule has 2 heterocycles. The van der Waals surface area contributed by atoms with Crippen molar-refractivity contribution < 1.29 is 21.6 Å². The maximum Gasteiger partial charge on any atom is 0.451 e. The molecule has 0 spiro atoms. The van der Waals surface area contributed by atoms with Gasteiger partial charge in [-0.05, 0) is 24.3 Å². The number of piperidine rings is 1. The quantitative estimate of drug-likeness (QED) is 0.628. The van der Waals surface area contributed by atoms with Crippen LogP contribution in [0, 0.1) is 0 Å². The summed E-state index contributed by atoms with van der Waals surface area (Å²) in [7, 11) is -2.77. The minimum atomic E-state index is -4.74. The van der Waals surface area contributed by atoms with E-state index in [1.54, 1.807) is 24.3 Å². The molecular formula is C19H19F3N4O3S. The highest BCUT2D eigenvalue weighted by molar-refractivity contribution is 7.89. The summed E-state index contributed by atoms with van der Waals surface area (Å²) in [6, 6.07) is 11.6. The second kappa shape index (κ2) is 7.24. The van der Waals surface area contributed by atoms with Gasteiger partial charge >= 0.3 is 11.9 Å². The minimum Gasteiger partial charge on any atom is -0.274 e. The summed E-state index contributed by atoms with van der Waals surface area (Å²) in [5, 5.41) is 4.87. The van der Waals surface area contributed by atoms with Gasteiger partial charge < -0.3 is 0 Å². The zero-order valence-electron chi connectivity index (χ0n) is 16.0. The first-order chi connectivity index (χ1) is 14.1. The highest BCUT2D eigenvalue weighted by Gasteiger charge is 2.39. The lowest BCUT2D eigenvalue weighted by Crippen LogP contribution is -2.41. The van der Waals surface area contributed by atoms with Gasteiger partial charge in [-0.15, -0.1) is 5.10 Å². The first kappa shape index (κ1) is 20.6. The van der Waals surface area contributed by atoms with Crippen LogP contribution < -0.4 is 5.69 Å². The smallest absolute Gasteiger partial charge is 0.274 e. The van der Waals surface area contributed by atoms with Crippen molar-refractivity contribution in [1.29, 1.82) is 0 Å². The lowest BCUT2D eigenvalue weighted by Gasteiger charge is -2.31. The topological polar surface area (TPSA) is 77.2 Å². The number of aromatic nitrogens is 3. The summed E-state index contributed by atoms with van der Waals surface area (Å²) in [4.78, 5) is 12.4. The number of nitrogens with zero attached hydrogens (tertiary/aromatic N) is 4. The van der Waals surface area contributed by atoms with E-state index in [9.17, 15) is 26.4 Å². The Bertz CT molecular complexity index is 1250. The van der Waals surface area contributed by atoms with Crippen molar-refractivity contribution in [3.05, 3.63) is 58.8 Å². The van der Waals surface area contributed by atoms with Crippen molar-refractivity contribution in [3.8, 4) is 0 Å². The van der Waals surface area contributed by atoms with Crippen molar-refractivity contribution in [3.63, 3.8) is 0 Å². The molecule has 2 aromatic carbocycles. The predicted molar refractivity (Wildman–Crippen MR) is 103 cm³/mol. The Labute approximate surface area is 170 Å². The Morgan fingerprint density at radius 2 is 1.67 bits per heavy atom. The second-order valence-electron chi connectivity index (χ2n) is 7.22. The van der Waals surface area contributed by atoms with E-state index < -0.39 is 33.8 Å². The monoisotopic (exact) mass is 440 g/mol. The normalized spacial score (nSPS) is 16.9. The number of sulfonamides is 1. The molecule has 4 rings (SSSR count). The molecule has 0 atom stereocenters. The van der Waals surface area contributed by atoms with Crippen molar-refractivity contribution in [1.82, 2.24) is 18.7 Å². The van der Waals surface area contributed by atoms with Gasteiger partial charge in [-0.1, -0.05) is 36.4 Å². The van der Waals surface area contributed by atoms with Gasteiger partial charge in [0.2, 0.25) is 15.8 Å². The first-order valence-electron chi connectivity index (χ1n) is 9.31. The van der Waals surface area contributed by atoms with E-state index in [0.29, 0.717) is 9.95 Å². The number of benzene rings is 2. The summed E-state index contributed by atoms with van der Waals surface area (Å²) < 4.78 is 68.0. The van der Waals surface area contributed by atoms with Crippen LogP contribution in [0.4, 0.5) is 13.2 Å². The zero-order valence-corrected chi connectivity index (χ0v) is 16.8. The molecular weight excluding hydrogens is 421 g/mol. The number of rotatable bonds is 3. The third-order valence-electron chi connectivity index (χ3n) is 5.39. The molecule has 30 heavy (non-hydrogen) atoms. The van der Waals surface area contributed by atoms with Crippen LogP contribution in [0.1, 0.15) is 24.7 Å². The standard InChI is InChI=1S/C19H19F3N4O3S/c1-24-17(19(20,21)22)23-26(18(24)27)14-9-11-25(12-10-14)30(28,29)16-8-4-6-13-5-2-3-7-15(13)16/h2-8,14H,9-12H2,1H3. The lowest BCUT2D eigenvalue weighted by atomic mass is 10.1. The van der Waals surface area contributed by atoms with Crippen LogP contribution in [0.15, 0.2) is 52.2 Å². The van der Waals surface area contributed by atoms with Crippen molar-refractivity contribution in [2.75, 3.05) is 13.1 Å². The fraction of sp³-hybridized carbons (Fsp3) is 0.368. The lowest BCUT2D eigenvalue weighted by molar-refractivity contribution is -0.147. The van der Waals surface area contributed by atoms with Crippen LogP contribution in [0.25, 0.3) is 10.8 Å². The Morgan fingerprint density at radius 3 is 2.30 bits per heavy atom. The third kappa shape index (κ3) is 3.41. The second-order valence-corrected chi connectivity index (χ2v) is 9.13. The number of halogens is 3. The maximum absolute atomic E-state index is 13.2. The molecule has 7 nitrogen and oxygen atoms in total. The molecule has 1 aromatic heterocycles. The Morgan fingerprint density at radius 1 is 1.03 bits per heavy atom. The van der Waals surface area contributed by atoms with Crippen LogP contribution in [-0.4, -0.2) is 40.2 Å². The largest absolute Gasteiger partial charge is 0.451 e. The summed E-state index contributed by atoms with van der Waals surface area (Å²) in [6.07, 6.45) is -4.35. The molecule has 0 amide bonds. The molecule has 0 bridgehead atoms. The SMILES string of the molecule is Cn1c(C(F)(F)F)nn(C2CCN(S(=O)(=O)c3cccc4ccccc34)CC2)c1=O. The molecule has 1 fully saturated rings. The molecule has 0 saturated carbocycles. The van der Waals surface area contributed by atoms with Crippen LogP contribution in [-0.2, 0) is 23.2 Å². The molecule has 1 aliphatic heterocycles. The fourth-order valence-electron chi connectivity index (χ4n) is 3.83. The van der Waals surface area contributed by atoms with E-state index in [2.05, 4.69) is 5.10 Å². The molecule has 0 aliphatic carbocycles. The van der Waals surface area contributed by atoms with Crippen molar-refractivity contribution in [2.45, 2.75) is 30.0 Å². The van der Waals surface area contributed by atoms with E-state index >= 15 is 0 Å². The highest BCUT2D eigenvalue weighted by atomic mass is 32.2.